The molecular formula is C11H11Cl2N3O2S. The van der Waals surface area contributed by atoms with Crippen LogP contribution in [0.2, 0.25) is 5.02 Å². The van der Waals surface area contributed by atoms with E-state index in [2.05, 4.69) is 10.2 Å². The molecule has 8 heteroatoms. The van der Waals surface area contributed by atoms with Crippen molar-refractivity contribution in [3.05, 3.63) is 29.3 Å². The summed E-state index contributed by atoms with van der Waals surface area (Å²) in [7, 11) is 1.42. The Balaban J connectivity index is 2.69. The fourth-order valence-electron chi connectivity index (χ4n) is 1.73. The summed E-state index contributed by atoms with van der Waals surface area (Å²) >= 11 is 5.92. The van der Waals surface area contributed by atoms with Gasteiger partial charge in [0.2, 0.25) is 0 Å². The number of benzene rings is 1. The summed E-state index contributed by atoms with van der Waals surface area (Å²) in [6.45, 7) is 3.64. The maximum atomic E-state index is 11.5. The molecule has 0 aliphatic rings. The predicted molar refractivity (Wildman–Crippen MR) is 73.9 cm³/mol. The third-order valence-electron chi connectivity index (χ3n) is 2.48. The summed E-state index contributed by atoms with van der Waals surface area (Å²) in [6.07, 6.45) is 0. The van der Waals surface area contributed by atoms with E-state index in [0.717, 1.165) is 0 Å². The number of nitrogens with zero attached hydrogens (tertiary/aromatic N) is 3. The van der Waals surface area contributed by atoms with Crippen molar-refractivity contribution in [2.75, 3.05) is 0 Å². The van der Waals surface area contributed by atoms with Crippen molar-refractivity contribution in [2.24, 2.45) is 0 Å². The van der Waals surface area contributed by atoms with Gasteiger partial charge in [-0.2, -0.15) is 0 Å². The zero-order chi connectivity index (χ0) is 14.2. The van der Waals surface area contributed by atoms with Crippen LogP contribution in [0.4, 0.5) is 0 Å². The molecule has 0 unspecified atom stereocenters. The normalized spacial score (nSPS) is 12.1. The molecule has 0 spiro atoms. The van der Waals surface area contributed by atoms with Gasteiger partial charge in [-0.15, -0.1) is 10.2 Å². The lowest BCUT2D eigenvalue weighted by molar-refractivity contribution is 0.530. The van der Waals surface area contributed by atoms with Crippen LogP contribution < -0.4 is 0 Å². The SMILES string of the molecule is CC(C)n1c(-c2cccc(Cl)c2)nnc1S(=O)(=O)Cl. The fourth-order valence-corrected chi connectivity index (χ4v) is 2.91. The minimum absolute atomic E-state index is 0.160. The highest BCUT2D eigenvalue weighted by molar-refractivity contribution is 8.13. The molecule has 19 heavy (non-hydrogen) atoms. The Hall–Kier alpha value is -1.11. The molecule has 0 N–H and O–H groups in total. The second-order valence-corrected chi connectivity index (χ2v) is 7.11. The van der Waals surface area contributed by atoms with E-state index in [1.807, 2.05) is 13.8 Å². The van der Waals surface area contributed by atoms with Crippen molar-refractivity contribution in [1.82, 2.24) is 14.8 Å². The molecule has 1 aromatic carbocycles. The van der Waals surface area contributed by atoms with Crippen molar-refractivity contribution < 1.29 is 8.42 Å². The van der Waals surface area contributed by atoms with Crippen LogP contribution >= 0.6 is 22.3 Å². The molecule has 1 aromatic heterocycles. The quantitative estimate of drug-likeness (QED) is 0.815. The fraction of sp³-hybridized carbons (Fsp3) is 0.273. The first-order valence-electron chi connectivity index (χ1n) is 5.46. The van der Waals surface area contributed by atoms with E-state index in [0.29, 0.717) is 16.4 Å². The van der Waals surface area contributed by atoms with Crippen molar-refractivity contribution >= 4 is 31.3 Å². The standard InChI is InChI=1S/C11H11Cl2N3O2S/c1-7(2)16-10(8-4-3-5-9(12)6-8)14-15-11(16)19(13,17)18/h3-7H,1-2H3. The summed E-state index contributed by atoms with van der Waals surface area (Å²) in [4.78, 5) is 0. The Kier molecular flexibility index (Phi) is 3.85. The van der Waals surface area contributed by atoms with E-state index in [9.17, 15) is 8.42 Å². The minimum Gasteiger partial charge on any atom is -0.294 e. The Morgan fingerprint density at radius 1 is 1.26 bits per heavy atom. The van der Waals surface area contributed by atoms with Gasteiger partial charge in [0.25, 0.3) is 14.2 Å². The largest absolute Gasteiger partial charge is 0.296 e. The first-order valence-corrected chi connectivity index (χ1v) is 8.15. The Bertz CT molecular complexity index is 710. The van der Waals surface area contributed by atoms with Gasteiger partial charge in [-0.05, 0) is 26.0 Å². The van der Waals surface area contributed by atoms with Gasteiger partial charge in [0, 0.05) is 27.3 Å². The van der Waals surface area contributed by atoms with Gasteiger partial charge in [-0.25, -0.2) is 8.42 Å². The van der Waals surface area contributed by atoms with Gasteiger partial charge in [0.05, 0.1) is 0 Å². The summed E-state index contributed by atoms with van der Waals surface area (Å²) in [5.74, 6) is 0.414. The molecule has 5 nitrogen and oxygen atoms in total. The highest BCUT2D eigenvalue weighted by Crippen LogP contribution is 2.27. The van der Waals surface area contributed by atoms with Crippen LogP contribution in [0, 0.1) is 0 Å². The molecule has 0 aliphatic heterocycles. The molecule has 102 valence electrons. The first kappa shape index (κ1) is 14.3. The van der Waals surface area contributed by atoms with Crippen LogP contribution in [0.25, 0.3) is 11.4 Å². The van der Waals surface area contributed by atoms with Crippen LogP contribution in [0.5, 0.6) is 0 Å². The van der Waals surface area contributed by atoms with Crippen LogP contribution in [0.15, 0.2) is 29.4 Å². The van der Waals surface area contributed by atoms with Gasteiger partial charge >= 0.3 is 0 Å². The number of rotatable bonds is 3. The van der Waals surface area contributed by atoms with Crippen molar-refractivity contribution in [2.45, 2.75) is 25.0 Å². The van der Waals surface area contributed by atoms with E-state index in [1.165, 1.54) is 4.57 Å². The first-order chi connectivity index (χ1) is 8.80. The van der Waals surface area contributed by atoms with E-state index < -0.39 is 9.05 Å². The third-order valence-corrected chi connectivity index (χ3v) is 3.85. The smallest absolute Gasteiger partial charge is 0.294 e. The van der Waals surface area contributed by atoms with E-state index in [1.54, 1.807) is 24.3 Å². The highest BCUT2D eigenvalue weighted by Gasteiger charge is 2.24. The summed E-state index contributed by atoms with van der Waals surface area (Å²) in [6, 6.07) is 6.79. The molecule has 2 aromatic rings. The molecule has 0 amide bonds. The predicted octanol–water partition coefficient (Wildman–Crippen LogP) is 3.11. The molecule has 0 fully saturated rings. The molecule has 0 atom stereocenters. The molecule has 0 saturated carbocycles. The van der Waals surface area contributed by atoms with Crippen molar-refractivity contribution in [3.63, 3.8) is 0 Å². The van der Waals surface area contributed by atoms with Gasteiger partial charge < -0.3 is 0 Å². The maximum absolute atomic E-state index is 11.5. The summed E-state index contributed by atoms with van der Waals surface area (Å²) in [5.41, 5.74) is 0.681. The van der Waals surface area contributed by atoms with Crippen molar-refractivity contribution in [3.8, 4) is 11.4 Å². The Morgan fingerprint density at radius 3 is 2.47 bits per heavy atom. The minimum atomic E-state index is -3.95. The summed E-state index contributed by atoms with van der Waals surface area (Å²) < 4.78 is 24.4. The second-order valence-electron chi connectivity index (χ2n) is 4.22. The topological polar surface area (TPSA) is 64.8 Å². The number of halogens is 2. The average molecular weight is 320 g/mol. The lowest BCUT2D eigenvalue weighted by Crippen LogP contribution is -2.10. The van der Waals surface area contributed by atoms with Gasteiger partial charge in [0.15, 0.2) is 5.82 Å². The maximum Gasteiger partial charge on any atom is 0.296 e. The molecule has 1 heterocycles. The van der Waals surface area contributed by atoms with Gasteiger partial charge in [-0.1, -0.05) is 23.7 Å². The molecular weight excluding hydrogens is 309 g/mol. The zero-order valence-electron chi connectivity index (χ0n) is 10.2. The monoisotopic (exact) mass is 319 g/mol. The molecule has 0 radical (unpaired) electrons. The van der Waals surface area contributed by atoms with Gasteiger partial charge in [-0.3, -0.25) is 4.57 Å². The van der Waals surface area contributed by atoms with E-state index in [4.69, 9.17) is 22.3 Å². The molecule has 0 aliphatic carbocycles. The Morgan fingerprint density at radius 2 is 1.95 bits per heavy atom. The molecule has 0 bridgehead atoms. The number of hydrogen-bond acceptors (Lipinski definition) is 4. The van der Waals surface area contributed by atoms with Crippen LogP contribution in [0.1, 0.15) is 19.9 Å². The second kappa shape index (κ2) is 5.11. The van der Waals surface area contributed by atoms with Crippen LogP contribution in [-0.4, -0.2) is 23.2 Å². The lowest BCUT2D eigenvalue weighted by Gasteiger charge is -2.12. The average Bonchev–Trinajstić information content (AvgIpc) is 2.72. The van der Waals surface area contributed by atoms with E-state index in [-0.39, 0.29) is 11.2 Å². The summed E-state index contributed by atoms with van der Waals surface area (Å²) in [5, 5.41) is 7.84. The molecule has 0 saturated heterocycles. The lowest BCUT2D eigenvalue weighted by atomic mass is 10.2. The number of aromatic nitrogens is 3. The van der Waals surface area contributed by atoms with Crippen LogP contribution in [-0.2, 0) is 9.05 Å². The highest BCUT2D eigenvalue weighted by atomic mass is 35.7. The van der Waals surface area contributed by atoms with Gasteiger partial charge in [0.1, 0.15) is 0 Å². The van der Waals surface area contributed by atoms with E-state index >= 15 is 0 Å². The third kappa shape index (κ3) is 2.91. The number of hydrogen-bond donors (Lipinski definition) is 0. The van der Waals surface area contributed by atoms with Crippen LogP contribution in [0.3, 0.4) is 0 Å². The zero-order valence-corrected chi connectivity index (χ0v) is 12.5. The molecule has 2 rings (SSSR count). The van der Waals surface area contributed by atoms with Crippen molar-refractivity contribution in [1.29, 1.82) is 0 Å². The Labute approximate surface area is 120 Å².